The van der Waals surface area contributed by atoms with Crippen LogP contribution in [0.25, 0.3) is 6.08 Å². The minimum atomic E-state index is -0.356. The quantitative estimate of drug-likeness (QED) is 0.539. The zero-order valence-electron chi connectivity index (χ0n) is 17.0. The Morgan fingerprint density at radius 3 is 2.77 bits per heavy atom. The highest BCUT2D eigenvalue weighted by atomic mass is 32.1. The number of ether oxygens (including phenoxy) is 3. The molecule has 6 nitrogen and oxygen atoms in total. The Kier molecular flexibility index (Phi) is 6.38. The first kappa shape index (κ1) is 20.5. The predicted octanol–water partition coefficient (Wildman–Crippen LogP) is 4.96. The normalized spacial score (nSPS) is 15.4. The number of benzene rings is 1. The summed E-state index contributed by atoms with van der Waals surface area (Å²) < 4.78 is 16.0. The maximum Gasteiger partial charge on any atom is 0.341 e. The Hall–Kier alpha value is -2.80. The smallest absolute Gasteiger partial charge is 0.341 e. The minimum absolute atomic E-state index is 0.211. The van der Waals surface area contributed by atoms with E-state index >= 15 is 0 Å². The second kappa shape index (κ2) is 9.34. The fourth-order valence-corrected chi connectivity index (χ4v) is 5.05. The number of rotatable bonds is 5. The number of thiophene rings is 1. The number of fused-ring (bicyclic) bond motifs is 2. The number of aryl methyl sites for hydroxylation is 1. The topological polar surface area (TPSA) is 73.9 Å². The van der Waals surface area contributed by atoms with Crippen molar-refractivity contribution in [2.45, 2.75) is 45.4 Å². The average Bonchev–Trinajstić information content (AvgIpc) is 3.30. The van der Waals surface area contributed by atoms with Crippen molar-refractivity contribution in [1.82, 2.24) is 0 Å². The predicted molar refractivity (Wildman–Crippen MR) is 116 cm³/mol. The maximum atomic E-state index is 12.7. The molecule has 0 saturated carbocycles. The van der Waals surface area contributed by atoms with Crippen LogP contribution in [0.4, 0.5) is 5.00 Å². The Labute approximate surface area is 179 Å². The summed E-state index contributed by atoms with van der Waals surface area (Å²) >= 11 is 1.50. The lowest BCUT2D eigenvalue weighted by Crippen LogP contribution is -2.13. The zero-order valence-corrected chi connectivity index (χ0v) is 17.8. The highest BCUT2D eigenvalue weighted by Crippen LogP contribution is 2.38. The summed E-state index contributed by atoms with van der Waals surface area (Å²) in [5.41, 5.74) is 2.41. The fraction of sp³-hybridized carbons (Fsp3) is 0.391. The van der Waals surface area contributed by atoms with Gasteiger partial charge >= 0.3 is 5.97 Å². The molecule has 0 bridgehead atoms. The molecule has 1 aliphatic heterocycles. The van der Waals surface area contributed by atoms with Crippen LogP contribution < -0.4 is 14.8 Å². The second-order valence-corrected chi connectivity index (χ2v) is 8.38. The molecule has 0 atom stereocenters. The van der Waals surface area contributed by atoms with E-state index in [1.807, 2.05) is 18.2 Å². The lowest BCUT2D eigenvalue weighted by atomic mass is 9.96. The van der Waals surface area contributed by atoms with E-state index in [1.54, 1.807) is 13.0 Å². The van der Waals surface area contributed by atoms with Gasteiger partial charge in [-0.15, -0.1) is 11.3 Å². The Balaban J connectivity index is 1.54. The van der Waals surface area contributed by atoms with Crippen molar-refractivity contribution in [3.05, 3.63) is 45.8 Å². The minimum Gasteiger partial charge on any atom is -0.462 e. The van der Waals surface area contributed by atoms with E-state index in [0.717, 1.165) is 43.2 Å². The Bertz CT molecular complexity index is 978. The molecule has 2 aliphatic rings. The second-order valence-electron chi connectivity index (χ2n) is 7.28. The van der Waals surface area contributed by atoms with Gasteiger partial charge in [-0.25, -0.2) is 4.79 Å². The number of amides is 1. The fourth-order valence-electron chi connectivity index (χ4n) is 3.77. The molecule has 2 heterocycles. The number of carbonyl (C=O) groups is 2. The number of esters is 1. The van der Waals surface area contributed by atoms with Gasteiger partial charge in [-0.2, -0.15) is 0 Å². The van der Waals surface area contributed by atoms with E-state index in [1.165, 1.54) is 28.7 Å². The van der Waals surface area contributed by atoms with Crippen LogP contribution in [-0.4, -0.2) is 25.3 Å². The molecule has 158 valence electrons. The van der Waals surface area contributed by atoms with Crippen LogP contribution >= 0.6 is 11.3 Å². The van der Waals surface area contributed by atoms with Crippen LogP contribution in [0.15, 0.2) is 24.3 Å². The van der Waals surface area contributed by atoms with E-state index in [4.69, 9.17) is 14.2 Å². The molecule has 0 spiro atoms. The summed E-state index contributed by atoms with van der Waals surface area (Å²) in [4.78, 5) is 26.4. The molecule has 0 radical (unpaired) electrons. The molecule has 0 unspecified atom stereocenters. The monoisotopic (exact) mass is 427 g/mol. The van der Waals surface area contributed by atoms with Gasteiger partial charge in [0.2, 0.25) is 12.7 Å². The molecule has 1 aliphatic carbocycles. The maximum absolute atomic E-state index is 12.7. The number of hydrogen-bond acceptors (Lipinski definition) is 6. The van der Waals surface area contributed by atoms with E-state index in [2.05, 4.69) is 5.32 Å². The number of carbonyl (C=O) groups excluding carboxylic acids is 2. The van der Waals surface area contributed by atoms with Gasteiger partial charge in [0.15, 0.2) is 11.5 Å². The third-order valence-corrected chi connectivity index (χ3v) is 6.42. The van der Waals surface area contributed by atoms with Crippen molar-refractivity contribution in [2.24, 2.45) is 0 Å². The molecule has 0 saturated heterocycles. The van der Waals surface area contributed by atoms with Gasteiger partial charge in [0.1, 0.15) is 5.00 Å². The SMILES string of the molecule is CCOC(=O)c1c(NC(=O)/C=C/c2ccc3c(c2)OCO3)sc2c1CCCCCC2. The highest BCUT2D eigenvalue weighted by molar-refractivity contribution is 7.17. The number of hydrogen-bond donors (Lipinski definition) is 1. The molecule has 1 N–H and O–H groups in total. The van der Waals surface area contributed by atoms with Crippen molar-refractivity contribution >= 4 is 34.3 Å². The van der Waals surface area contributed by atoms with Gasteiger partial charge in [0.25, 0.3) is 0 Å². The van der Waals surface area contributed by atoms with Gasteiger partial charge in [0, 0.05) is 11.0 Å². The molecule has 30 heavy (non-hydrogen) atoms. The molecule has 2 aromatic rings. The number of nitrogens with one attached hydrogen (secondary N) is 1. The lowest BCUT2D eigenvalue weighted by Gasteiger charge is -2.11. The standard InChI is InChI=1S/C23H25NO5S/c1-2-27-23(26)21-16-7-5-3-4-6-8-19(16)30-22(21)24-20(25)12-10-15-9-11-17-18(13-15)29-14-28-17/h9-13H,2-8,14H2,1H3,(H,24,25)/b12-10+. The average molecular weight is 428 g/mol. The molecule has 1 amide bonds. The summed E-state index contributed by atoms with van der Waals surface area (Å²) in [6.07, 6.45) is 9.48. The van der Waals surface area contributed by atoms with Crippen LogP contribution in [0.2, 0.25) is 0 Å². The van der Waals surface area contributed by atoms with Gasteiger partial charge in [-0.3, -0.25) is 4.79 Å². The summed E-state index contributed by atoms with van der Waals surface area (Å²) in [5.74, 6) is 0.727. The first-order valence-corrected chi connectivity index (χ1v) is 11.2. The number of anilines is 1. The van der Waals surface area contributed by atoms with E-state index in [-0.39, 0.29) is 18.7 Å². The van der Waals surface area contributed by atoms with Gasteiger partial charge in [-0.1, -0.05) is 18.9 Å². The van der Waals surface area contributed by atoms with Crippen LogP contribution in [0.3, 0.4) is 0 Å². The summed E-state index contributed by atoms with van der Waals surface area (Å²) in [6.45, 7) is 2.31. The van der Waals surface area contributed by atoms with Crippen LogP contribution in [0.1, 0.15) is 59.0 Å². The zero-order chi connectivity index (χ0) is 20.9. The van der Waals surface area contributed by atoms with Crippen molar-refractivity contribution in [1.29, 1.82) is 0 Å². The first-order chi connectivity index (χ1) is 14.7. The molecule has 1 aromatic carbocycles. The van der Waals surface area contributed by atoms with Crippen LogP contribution in [0.5, 0.6) is 11.5 Å². The molecular formula is C23H25NO5S. The van der Waals surface area contributed by atoms with Gasteiger partial charge in [-0.05, 0) is 61.9 Å². The van der Waals surface area contributed by atoms with Crippen LogP contribution in [0, 0.1) is 0 Å². The van der Waals surface area contributed by atoms with Crippen molar-refractivity contribution in [3.63, 3.8) is 0 Å². The molecule has 1 aromatic heterocycles. The molecule has 7 heteroatoms. The third-order valence-electron chi connectivity index (χ3n) is 5.21. The van der Waals surface area contributed by atoms with E-state index in [0.29, 0.717) is 28.7 Å². The summed E-state index contributed by atoms with van der Waals surface area (Å²) in [6, 6.07) is 5.50. The third kappa shape index (κ3) is 4.51. The van der Waals surface area contributed by atoms with Crippen molar-refractivity contribution < 1.29 is 23.8 Å². The Morgan fingerprint density at radius 1 is 1.13 bits per heavy atom. The van der Waals surface area contributed by atoms with E-state index < -0.39 is 0 Å². The highest BCUT2D eigenvalue weighted by Gasteiger charge is 2.26. The molecule has 4 rings (SSSR count). The molecule has 0 fully saturated rings. The molecular weight excluding hydrogens is 402 g/mol. The van der Waals surface area contributed by atoms with Crippen LogP contribution in [-0.2, 0) is 22.4 Å². The van der Waals surface area contributed by atoms with Crippen molar-refractivity contribution in [3.8, 4) is 11.5 Å². The summed E-state index contributed by atoms with van der Waals surface area (Å²) in [7, 11) is 0. The lowest BCUT2D eigenvalue weighted by molar-refractivity contribution is -0.111. The first-order valence-electron chi connectivity index (χ1n) is 10.4. The Morgan fingerprint density at radius 2 is 1.93 bits per heavy atom. The summed E-state index contributed by atoms with van der Waals surface area (Å²) in [5, 5.41) is 3.49. The largest absolute Gasteiger partial charge is 0.462 e. The van der Waals surface area contributed by atoms with Gasteiger partial charge in [0.05, 0.1) is 12.2 Å². The van der Waals surface area contributed by atoms with Crippen molar-refractivity contribution in [2.75, 3.05) is 18.7 Å². The van der Waals surface area contributed by atoms with Gasteiger partial charge < -0.3 is 19.5 Å². The van der Waals surface area contributed by atoms with E-state index in [9.17, 15) is 9.59 Å².